The van der Waals surface area contributed by atoms with Crippen LogP contribution in [0.4, 0.5) is 0 Å². The van der Waals surface area contributed by atoms with E-state index in [1.807, 2.05) is 32.0 Å². The van der Waals surface area contributed by atoms with E-state index in [0.29, 0.717) is 0 Å². The molecule has 1 aromatic rings. The maximum Gasteiger partial charge on any atom is 0.304 e. The molecule has 0 saturated carbocycles. The lowest BCUT2D eigenvalue weighted by molar-refractivity contribution is -0.136. The van der Waals surface area contributed by atoms with Crippen LogP contribution in [0, 0.1) is 13.8 Å². The summed E-state index contributed by atoms with van der Waals surface area (Å²) in [5, 5.41) is 8.51. The van der Waals surface area contributed by atoms with E-state index < -0.39 is 28.2 Å². The summed E-state index contributed by atoms with van der Waals surface area (Å²) in [6, 6.07) is 5.41. The Morgan fingerprint density at radius 2 is 2.00 bits per heavy atom. The van der Waals surface area contributed by atoms with Crippen LogP contribution in [-0.2, 0) is 14.8 Å². The molecule has 1 rings (SSSR count). The van der Waals surface area contributed by atoms with Gasteiger partial charge in [0, 0.05) is 6.04 Å². The van der Waals surface area contributed by atoms with E-state index in [4.69, 9.17) is 5.11 Å². The zero-order valence-electron chi connectivity index (χ0n) is 11.3. The average Bonchev–Trinajstić information content (AvgIpc) is 2.25. The Morgan fingerprint density at radius 1 is 1.37 bits per heavy atom. The van der Waals surface area contributed by atoms with Crippen molar-refractivity contribution in [3.05, 3.63) is 34.9 Å². The van der Waals surface area contributed by atoms with Crippen LogP contribution in [0.3, 0.4) is 0 Å². The fourth-order valence-electron chi connectivity index (χ4n) is 1.92. The molecule has 1 unspecified atom stereocenters. The molecule has 0 fully saturated rings. The van der Waals surface area contributed by atoms with Gasteiger partial charge in [-0.15, -0.1) is 0 Å². The Labute approximate surface area is 113 Å². The van der Waals surface area contributed by atoms with Gasteiger partial charge in [-0.2, -0.15) is 0 Å². The molecule has 5 nitrogen and oxygen atoms in total. The molecular formula is C13H19NO4S. The molecular weight excluding hydrogens is 266 g/mol. The topological polar surface area (TPSA) is 83.5 Å². The first-order valence-electron chi connectivity index (χ1n) is 6.00. The quantitative estimate of drug-likeness (QED) is 0.834. The minimum absolute atomic E-state index is 0.376. The lowest BCUT2D eigenvalue weighted by Crippen LogP contribution is -2.30. The summed E-state index contributed by atoms with van der Waals surface area (Å²) < 4.78 is 25.9. The predicted octanol–water partition coefficient (Wildman–Crippen LogP) is 1.76. The van der Waals surface area contributed by atoms with Crippen LogP contribution in [0.2, 0.25) is 0 Å². The highest BCUT2D eigenvalue weighted by atomic mass is 32.2. The molecule has 0 bridgehead atoms. The van der Waals surface area contributed by atoms with Crippen molar-refractivity contribution in [2.45, 2.75) is 33.2 Å². The number of hydrogen-bond donors (Lipinski definition) is 2. The molecule has 0 aliphatic carbocycles. The highest BCUT2D eigenvalue weighted by molar-refractivity contribution is 7.89. The molecule has 0 aliphatic rings. The van der Waals surface area contributed by atoms with E-state index in [1.54, 1.807) is 6.92 Å². The molecule has 0 saturated heterocycles. The summed E-state index contributed by atoms with van der Waals surface area (Å²) in [6.45, 7) is 5.64. The second kappa shape index (κ2) is 6.16. The Balaban J connectivity index is 2.78. The highest BCUT2D eigenvalue weighted by Crippen LogP contribution is 2.19. The Bertz CT molecular complexity index is 566. The molecule has 0 spiro atoms. The van der Waals surface area contributed by atoms with Crippen LogP contribution in [-0.4, -0.2) is 25.2 Å². The lowest BCUT2D eigenvalue weighted by atomic mass is 10.0. The van der Waals surface area contributed by atoms with Gasteiger partial charge in [0.15, 0.2) is 0 Å². The van der Waals surface area contributed by atoms with Gasteiger partial charge in [0.2, 0.25) is 10.0 Å². The van der Waals surface area contributed by atoms with Gasteiger partial charge in [-0.05, 0) is 31.9 Å². The Morgan fingerprint density at radius 3 is 2.53 bits per heavy atom. The first-order valence-corrected chi connectivity index (χ1v) is 7.65. The lowest BCUT2D eigenvalue weighted by Gasteiger charge is -2.17. The van der Waals surface area contributed by atoms with Gasteiger partial charge >= 0.3 is 5.97 Å². The van der Waals surface area contributed by atoms with Gasteiger partial charge < -0.3 is 5.11 Å². The highest BCUT2D eigenvalue weighted by Gasteiger charge is 2.18. The van der Waals surface area contributed by atoms with E-state index in [1.165, 1.54) is 0 Å². The van der Waals surface area contributed by atoms with Crippen LogP contribution in [0.15, 0.2) is 18.2 Å². The molecule has 19 heavy (non-hydrogen) atoms. The molecule has 2 N–H and O–H groups in total. The van der Waals surface area contributed by atoms with Crippen LogP contribution in [0.1, 0.15) is 36.1 Å². The van der Waals surface area contributed by atoms with E-state index in [0.717, 1.165) is 16.7 Å². The maximum atomic E-state index is 11.7. The summed E-state index contributed by atoms with van der Waals surface area (Å²) in [4.78, 5) is 10.4. The number of rotatable bonds is 6. The number of hydrogen-bond acceptors (Lipinski definition) is 3. The molecule has 0 aliphatic heterocycles. The van der Waals surface area contributed by atoms with Gasteiger partial charge in [0.1, 0.15) is 0 Å². The normalized spacial score (nSPS) is 13.2. The maximum absolute atomic E-state index is 11.7. The van der Waals surface area contributed by atoms with Gasteiger partial charge in [0.05, 0.1) is 12.2 Å². The molecule has 1 atom stereocenters. The van der Waals surface area contributed by atoms with Crippen molar-refractivity contribution in [1.29, 1.82) is 0 Å². The van der Waals surface area contributed by atoms with Crippen LogP contribution >= 0.6 is 0 Å². The molecule has 0 aromatic heterocycles. The van der Waals surface area contributed by atoms with E-state index in [9.17, 15) is 13.2 Å². The first-order chi connectivity index (χ1) is 8.71. The second-order valence-electron chi connectivity index (χ2n) is 4.66. The van der Waals surface area contributed by atoms with Crippen molar-refractivity contribution in [3.63, 3.8) is 0 Å². The third-order valence-electron chi connectivity index (χ3n) is 2.83. The van der Waals surface area contributed by atoms with Crippen LogP contribution in [0.5, 0.6) is 0 Å². The monoisotopic (exact) mass is 285 g/mol. The fourth-order valence-corrected chi connectivity index (χ4v) is 3.15. The molecule has 6 heteroatoms. The summed E-state index contributed by atoms with van der Waals surface area (Å²) in [5.41, 5.74) is 3.01. The van der Waals surface area contributed by atoms with Crippen molar-refractivity contribution in [3.8, 4) is 0 Å². The zero-order valence-corrected chi connectivity index (χ0v) is 12.1. The van der Waals surface area contributed by atoms with Gasteiger partial charge in [-0.3, -0.25) is 4.79 Å². The minimum Gasteiger partial charge on any atom is -0.481 e. The van der Waals surface area contributed by atoms with Gasteiger partial charge in [0.25, 0.3) is 0 Å². The molecule has 1 aromatic carbocycles. The minimum atomic E-state index is -3.58. The van der Waals surface area contributed by atoms with E-state index >= 15 is 0 Å². The van der Waals surface area contributed by atoms with E-state index in [2.05, 4.69) is 4.72 Å². The second-order valence-corrected chi connectivity index (χ2v) is 6.54. The average molecular weight is 285 g/mol. The SMILES string of the molecule is Cc1ccc(C(C)NS(=O)(=O)CCC(=O)O)c(C)c1. The Kier molecular flexibility index (Phi) is 5.08. The van der Waals surface area contributed by atoms with Crippen molar-refractivity contribution in [1.82, 2.24) is 4.72 Å². The standard InChI is InChI=1S/C13H19NO4S/c1-9-4-5-12(10(2)8-9)11(3)14-19(17,18)7-6-13(15)16/h4-5,8,11,14H,6-7H2,1-3H3,(H,15,16). The third-order valence-corrected chi connectivity index (χ3v) is 4.29. The number of carboxylic acid groups (broad SMARTS) is 1. The van der Waals surface area contributed by atoms with Gasteiger partial charge in [-0.25, -0.2) is 13.1 Å². The number of aliphatic carboxylic acids is 1. The smallest absolute Gasteiger partial charge is 0.304 e. The van der Waals surface area contributed by atoms with Crippen molar-refractivity contribution >= 4 is 16.0 Å². The van der Waals surface area contributed by atoms with Crippen molar-refractivity contribution < 1.29 is 18.3 Å². The summed E-state index contributed by atoms with van der Waals surface area (Å²) in [5.74, 6) is -1.53. The molecule has 0 amide bonds. The summed E-state index contributed by atoms with van der Waals surface area (Å²) in [6.07, 6.45) is -0.394. The predicted molar refractivity (Wildman–Crippen MR) is 73.5 cm³/mol. The zero-order chi connectivity index (χ0) is 14.6. The number of nitrogens with one attached hydrogen (secondary N) is 1. The first kappa shape index (κ1) is 15.7. The number of aryl methyl sites for hydroxylation is 2. The van der Waals surface area contributed by atoms with Crippen LogP contribution < -0.4 is 4.72 Å². The molecule has 106 valence electrons. The Hall–Kier alpha value is -1.40. The van der Waals surface area contributed by atoms with Crippen LogP contribution in [0.25, 0.3) is 0 Å². The number of sulfonamides is 1. The number of benzene rings is 1. The van der Waals surface area contributed by atoms with Crippen molar-refractivity contribution in [2.75, 3.05) is 5.75 Å². The summed E-state index contributed by atoms with van der Waals surface area (Å²) >= 11 is 0. The number of carbonyl (C=O) groups is 1. The third kappa shape index (κ3) is 5.00. The molecule has 0 heterocycles. The van der Waals surface area contributed by atoms with Gasteiger partial charge in [-0.1, -0.05) is 23.8 Å². The fraction of sp³-hybridized carbons (Fsp3) is 0.462. The summed E-state index contributed by atoms with van der Waals surface area (Å²) in [7, 11) is -3.58. The number of carboxylic acids is 1. The van der Waals surface area contributed by atoms with Crippen molar-refractivity contribution in [2.24, 2.45) is 0 Å². The molecule has 0 radical (unpaired) electrons. The largest absolute Gasteiger partial charge is 0.481 e. The van der Waals surface area contributed by atoms with E-state index in [-0.39, 0.29) is 6.04 Å².